The number of rotatable bonds is 38. The third kappa shape index (κ3) is 38.0. The molecule has 1 unspecified atom stereocenters. The van der Waals surface area contributed by atoms with E-state index in [-0.39, 0.29) is 19.4 Å². The van der Waals surface area contributed by atoms with Crippen LogP contribution in [0.5, 0.6) is 0 Å². The van der Waals surface area contributed by atoms with E-state index >= 15 is 0 Å². The zero-order valence-corrected chi connectivity index (χ0v) is 34.1. The van der Waals surface area contributed by atoms with Gasteiger partial charge in [-0.25, -0.2) is 4.57 Å². The average Bonchev–Trinajstić information content (AvgIpc) is 3.14. The molecule has 0 aliphatic carbocycles. The third-order valence-corrected chi connectivity index (χ3v) is 9.43. The highest BCUT2D eigenvalue weighted by atomic mass is 31.2. The molecule has 11 heteroatoms. The first-order valence-electron chi connectivity index (χ1n) is 20.6. The number of esters is 2. The molecular weight excluding hydrogens is 695 g/mol. The first kappa shape index (κ1) is 50.9. The molecule has 0 spiro atoms. The number of allylic oxidation sites excluding steroid dienone is 8. The average molecular weight is 771 g/mol. The second kappa shape index (κ2) is 38.2. The van der Waals surface area contributed by atoms with Crippen molar-refractivity contribution in [2.45, 2.75) is 180 Å². The molecule has 0 aliphatic rings. The molecule has 10 nitrogen and oxygen atoms in total. The highest BCUT2D eigenvalue weighted by Gasteiger charge is 2.27. The van der Waals surface area contributed by atoms with Gasteiger partial charge in [-0.3, -0.25) is 18.6 Å². The molecule has 0 aromatic carbocycles. The van der Waals surface area contributed by atoms with Gasteiger partial charge in [0.25, 0.3) is 0 Å². The number of hydrogen-bond donors (Lipinski definition) is 3. The largest absolute Gasteiger partial charge is 0.472 e. The Morgan fingerprint density at radius 1 is 0.585 bits per heavy atom. The molecule has 0 aromatic rings. The van der Waals surface area contributed by atoms with Crippen LogP contribution >= 0.6 is 7.82 Å². The number of aliphatic hydroxyl groups is 2. The monoisotopic (exact) mass is 771 g/mol. The molecule has 0 saturated carbocycles. The molecular formula is C42H75O10P. The lowest BCUT2D eigenvalue weighted by molar-refractivity contribution is -0.161. The van der Waals surface area contributed by atoms with Crippen LogP contribution in [-0.4, -0.2) is 65.7 Å². The molecule has 308 valence electrons. The molecule has 0 aliphatic heterocycles. The van der Waals surface area contributed by atoms with Crippen LogP contribution in [0, 0.1) is 0 Å². The van der Waals surface area contributed by atoms with E-state index in [9.17, 15) is 24.2 Å². The Morgan fingerprint density at radius 2 is 1.04 bits per heavy atom. The molecule has 0 aromatic heterocycles. The van der Waals surface area contributed by atoms with Gasteiger partial charge in [0, 0.05) is 12.8 Å². The summed E-state index contributed by atoms with van der Waals surface area (Å²) < 4.78 is 32.6. The Morgan fingerprint density at radius 3 is 1.62 bits per heavy atom. The van der Waals surface area contributed by atoms with Gasteiger partial charge >= 0.3 is 19.8 Å². The maximum absolute atomic E-state index is 12.6. The summed E-state index contributed by atoms with van der Waals surface area (Å²) in [5.41, 5.74) is 0. The molecule has 53 heavy (non-hydrogen) atoms. The zero-order chi connectivity index (χ0) is 39.1. The van der Waals surface area contributed by atoms with E-state index in [1.165, 1.54) is 64.2 Å². The summed E-state index contributed by atoms with van der Waals surface area (Å²) in [5, 5.41) is 18.3. The Labute approximate surface area is 322 Å². The SMILES string of the molecule is CCCCCC/C=C/C=C/CCCCCCCC(=O)OC[C@H](COP(=O)(O)OC[C@@H](O)CO)OC(=O)CCCC/C=C/C/C=C/CCCCCCCC. The minimum absolute atomic E-state index is 0.137. The van der Waals surface area contributed by atoms with E-state index < -0.39 is 51.8 Å². The molecule has 3 atom stereocenters. The van der Waals surface area contributed by atoms with Gasteiger partial charge in [-0.1, -0.05) is 133 Å². The first-order valence-corrected chi connectivity index (χ1v) is 22.1. The summed E-state index contributed by atoms with van der Waals surface area (Å²) in [6, 6.07) is 0. The molecule has 0 bridgehead atoms. The van der Waals surface area contributed by atoms with E-state index in [0.717, 1.165) is 64.2 Å². The van der Waals surface area contributed by atoms with Crippen molar-refractivity contribution in [3.63, 3.8) is 0 Å². The maximum Gasteiger partial charge on any atom is 0.472 e. The van der Waals surface area contributed by atoms with Gasteiger partial charge < -0.3 is 24.6 Å². The maximum atomic E-state index is 12.6. The van der Waals surface area contributed by atoms with Crippen molar-refractivity contribution in [1.29, 1.82) is 0 Å². The van der Waals surface area contributed by atoms with E-state index in [0.29, 0.717) is 12.8 Å². The van der Waals surface area contributed by atoms with Crippen molar-refractivity contribution in [2.75, 3.05) is 26.4 Å². The normalized spacial score (nSPS) is 14.4. The minimum Gasteiger partial charge on any atom is -0.462 e. The van der Waals surface area contributed by atoms with Gasteiger partial charge in [-0.2, -0.15) is 0 Å². The molecule has 3 N–H and O–H groups in total. The Hall–Kier alpha value is -2.07. The van der Waals surface area contributed by atoms with Crippen LogP contribution in [0.2, 0.25) is 0 Å². The number of phosphoric ester groups is 1. The second-order valence-electron chi connectivity index (χ2n) is 13.7. The standard InChI is InChI=1S/C42H75O10P/c1-3-5-7-9-11-13-15-17-19-21-23-25-27-29-31-33-41(45)49-37-40(38-51-53(47,48)50-36-39(44)35-43)52-42(46)34-32-30-28-26-24-22-20-18-16-14-12-10-8-6-4-2/h13,15,17-20,24,26,39-40,43-44H,3-12,14,16,21-23,25,27-38H2,1-2H3,(H,47,48)/b15-13+,19-17+,20-18+,26-24+/t39-,40+/m0/s1. The van der Waals surface area contributed by atoms with Crippen LogP contribution in [-0.2, 0) is 32.7 Å². The summed E-state index contributed by atoms with van der Waals surface area (Å²) in [6.07, 6.45) is 39.4. The van der Waals surface area contributed by atoms with Gasteiger partial charge in [0.15, 0.2) is 6.10 Å². The molecule has 0 radical (unpaired) electrons. The van der Waals surface area contributed by atoms with Crippen LogP contribution < -0.4 is 0 Å². The molecule has 0 fully saturated rings. The number of ether oxygens (including phenoxy) is 2. The fraction of sp³-hybridized carbons (Fsp3) is 0.762. The quantitative estimate of drug-likeness (QED) is 0.0182. The number of aliphatic hydroxyl groups excluding tert-OH is 2. The molecule has 0 rings (SSSR count). The number of carbonyl (C=O) groups is 2. The van der Waals surface area contributed by atoms with Crippen LogP contribution in [0.4, 0.5) is 0 Å². The second-order valence-corrected chi connectivity index (χ2v) is 15.1. The lowest BCUT2D eigenvalue weighted by Gasteiger charge is -2.20. The van der Waals surface area contributed by atoms with Crippen LogP contribution in [0.25, 0.3) is 0 Å². The Balaban J connectivity index is 4.42. The summed E-state index contributed by atoms with van der Waals surface area (Å²) in [7, 11) is -4.63. The van der Waals surface area contributed by atoms with Crippen LogP contribution in [0.15, 0.2) is 48.6 Å². The van der Waals surface area contributed by atoms with E-state index in [1.807, 2.05) is 0 Å². The van der Waals surface area contributed by atoms with Crippen molar-refractivity contribution in [3.8, 4) is 0 Å². The van der Waals surface area contributed by atoms with Gasteiger partial charge in [0.2, 0.25) is 0 Å². The molecule has 0 heterocycles. The van der Waals surface area contributed by atoms with Crippen molar-refractivity contribution in [1.82, 2.24) is 0 Å². The predicted molar refractivity (Wildman–Crippen MR) is 214 cm³/mol. The van der Waals surface area contributed by atoms with Gasteiger partial charge in [-0.05, 0) is 70.6 Å². The zero-order valence-electron chi connectivity index (χ0n) is 33.2. The lowest BCUT2D eigenvalue weighted by atomic mass is 10.1. The summed E-state index contributed by atoms with van der Waals surface area (Å²) in [6.45, 7) is 2.28. The summed E-state index contributed by atoms with van der Waals surface area (Å²) in [4.78, 5) is 34.9. The number of phosphoric acid groups is 1. The Kier molecular flexibility index (Phi) is 36.7. The minimum atomic E-state index is -4.63. The predicted octanol–water partition coefficient (Wildman–Crippen LogP) is 10.6. The highest BCUT2D eigenvalue weighted by Crippen LogP contribution is 2.43. The summed E-state index contributed by atoms with van der Waals surface area (Å²) >= 11 is 0. The molecule has 0 saturated heterocycles. The van der Waals surface area contributed by atoms with Gasteiger partial charge in [0.1, 0.15) is 12.7 Å². The van der Waals surface area contributed by atoms with Gasteiger partial charge in [0.05, 0.1) is 19.8 Å². The number of carbonyl (C=O) groups excluding carboxylic acids is 2. The fourth-order valence-corrected chi connectivity index (χ4v) is 6.04. The smallest absolute Gasteiger partial charge is 0.462 e. The molecule has 0 amide bonds. The number of hydrogen-bond acceptors (Lipinski definition) is 9. The van der Waals surface area contributed by atoms with E-state index in [1.54, 1.807) is 0 Å². The van der Waals surface area contributed by atoms with Crippen molar-refractivity contribution in [3.05, 3.63) is 48.6 Å². The first-order chi connectivity index (χ1) is 25.7. The van der Waals surface area contributed by atoms with Gasteiger partial charge in [-0.15, -0.1) is 0 Å². The fourth-order valence-electron chi connectivity index (χ4n) is 5.25. The van der Waals surface area contributed by atoms with E-state index in [2.05, 4.69) is 67.0 Å². The summed E-state index contributed by atoms with van der Waals surface area (Å²) in [5.74, 6) is -0.983. The third-order valence-electron chi connectivity index (χ3n) is 8.48. The number of unbranched alkanes of at least 4 members (excludes halogenated alkanes) is 17. The van der Waals surface area contributed by atoms with Crippen molar-refractivity contribution in [2.24, 2.45) is 0 Å². The topological polar surface area (TPSA) is 149 Å². The van der Waals surface area contributed by atoms with Crippen LogP contribution in [0.3, 0.4) is 0 Å². The highest BCUT2D eigenvalue weighted by molar-refractivity contribution is 7.47. The van der Waals surface area contributed by atoms with E-state index in [4.69, 9.17) is 19.1 Å². The lowest BCUT2D eigenvalue weighted by Crippen LogP contribution is -2.29. The Bertz CT molecular complexity index is 1030. The van der Waals surface area contributed by atoms with Crippen molar-refractivity contribution < 1.29 is 47.8 Å². The van der Waals surface area contributed by atoms with Crippen molar-refractivity contribution >= 4 is 19.8 Å². The van der Waals surface area contributed by atoms with Crippen LogP contribution in [0.1, 0.15) is 168 Å².